The minimum absolute atomic E-state index is 0.116. The first-order valence-electron chi connectivity index (χ1n) is 10.1. The highest BCUT2D eigenvalue weighted by molar-refractivity contribution is 5.92. The monoisotopic (exact) mass is 395 g/mol. The minimum Gasteiger partial charge on any atom is -0.497 e. The summed E-state index contributed by atoms with van der Waals surface area (Å²) in [5.74, 6) is 2.05. The summed E-state index contributed by atoms with van der Waals surface area (Å²) in [6.07, 6.45) is 4.64. The highest BCUT2D eigenvalue weighted by Crippen LogP contribution is 2.33. The quantitative estimate of drug-likeness (QED) is 0.625. The fourth-order valence-corrected chi connectivity index (χ4v) is 3.72. The predicted molar refractivity (Wildman–Crippen MR) is 107 cm³/mol. The van der Waals surface area contributed by atoms with Crippen molar-refractivity contribution in [3.05, 3.63) is 53.5 Å². The number of carbonyl (C=O) groups is 1. The summed E-state index contributed by atoms with van der Waals surface area (Å²) in [6, 6.07) is 11.2. The van der Waals surface area contributed by atoms with Crippen molar-refractivity contribution >= 4 is 5.91 Å². The molecule has 0 radical (unpaired) electrons. The smallest absolute Gasteiger partial charge is 0.276 e. The second-order valence-electron chi connectivity index (χ2n) is 7.24. The van der Waals surface area contributed by atoms with Gasteiger partial charge in [0.2, 0.25) is 0 Å². The molecule has 0 aliphatic carbocycles. The largest absolute Gasteiger partial charge is 0.497 e. The van der Waals surface area contributed by atoms with Crippen molar-refractivity contribution in [1.29, 1.82) is 0 Å². The summed E-state index contributed by atoms with van der Waals surface area (Å²) in [6.45, 7) is 2.64. The Hall–Kier alpha value is -3.09. The molecule has 3 heterocycles. The summed E-state index contributed by atoms with van der Waals surface area (Å²) in [5, 5.41) is 8.27. The molecule has 1 aliphatic rings. The highest BCUT2D eigenvalue weighted by atomic mass is 16.5. The lowest BCUT2D eigenvalue weighted by atomic mass is 10.0. The zero-order valence-corrected chi connectivity index (χ0v) is 16.8. The van der Waals surface area contributed by atoms with Gasteiger partial charge in [-0.05, 0) is 37.1 Å². The summed E-state index contributed by atoms with van der Waals surface area (Å²) < 4.78 is 16.1. The van der Waals surface area contributed by atoms with Crippen LogP contribution in [-0.4, -0.2) is 34.8 Å². The molecule has 0 unspecified atom stereocenters. The number of nitrogens with zero attached hydrogens (tertiary/aromatic N) is 3. The van der Waals surface area contributed by atoms with Gasteiger partial charge in [0.1, 0.15) is 17.2 Å². The Morgan fingerprint density at radius 1 is 1.14 bits per heavy atom. The third kappa shape index (κ3) is 4.04. The Bertz CT molecular complexity index is 961. The zero-order chi connectivity index (χ0) is 20.2. The predicted octanol–water partition coefficient (Wildman–Crippen LogP) is 4.66. The van der Waals surface area contributed by atoms with Crippen LogP contribution in [0.4, 0.5) is 0 Å². The van der Waals surface area contributed by atoms with Crippen molar-refractivity contribution in [2.24, 2.45) is 0 Å². The summed E-state index contributed by atoms with van der Waals surface area (Å²) in [7, 11) is 1.64. The topological polar surface area (TPSA) is 81.6 Å². The Morgan fingerprint density at radius 2 is 1.97 bits per heavy atom. The number of methoxy groups -OCH3 is 1. The summed E-state index contributed by atoms with van der Waals surface area (Å²) in [4.78, 5) is 15.0. The number of carbonyl (C=O) groups excluding carboxylic acids is 1. The van der Waals surface area contributed by atoms with Gasteiger partial charge in [-0.3, -0.25) is 4.79 Å². The van der Waals surface area contributed by atoms with E-state index in [9.17, 15) is 4.79 Å². The second-order valence-corrected chi connectivity index (χ2v) is 7.24. The Balaban J connectivity index is 1.60. The number of hydrogen-bond donors (Lipinski definition) is 0. The van der Waals surface area contributed by atoms with E-state index >= 15 is 0 Å². The highest BCUT2D eigenvalue weighted by Gasteiger charge is 2.31. The van der Waals surface area contributed by atoms with Crippen LogP contribution in [0.1, 0.15) is 60.6 Å². The normalized spacial score (nSPS) is 17.2. The summed E-state index contributed by atoms with van der Waals surface area (Å²) in [5.41, 5.74) is 2.04. The molecule has 1 fully saturated rings. The molecule has 4 rings (SSSR count). The van der Waals surface area contributed by atoms with Gasteiger partial charge in [-0.2, -0.15) is 0 Å². The fourth-order valence-electron chi connectivity index (χ4n) is 3.72. The first-order chi connectivity index (χ1) is 14.2. The molecular weight excluding hydrogens is 370 g/mol. The van der Waals surface area contributed by atoms with Gasteiger partial charge >= 0.3 is 0 Å². The molecule has 1 saturated heterocycles. The van der Waals surface area contributed by atoms with Gasteiger partial charge in [0.25, 0.3) is 5.91 Å². The molecule has 7 nitrogen and oxygen atoms in total. The molecule has 0 N–H and O–H groups in total. The second kappa shape index (κ2) is 8.51. The third-order valence-electron chi connectivity index (χ3n) is 5.38. The molecule has 1 atom stereocenters. The van der Waals surface area contributed by atoms with Gasteiger partial charge in [0, 0.05) is 30.7 Å². The number of ether oxygens (including phenoxy) is 1. The number of hydrogen-bond acceptors (Lipinski definition) is 6. The molecule has 3 aromatic rings. The molecule has 1 amide bonds. The molecular formula is C22H25N3O4. The first kappa shape index (κ1) is 19.2. The van der Waals surface area contributed by atoms with Crippen LogP contribution in [-0.2, 0) is 6.42 Å². The van der Waals surface area contributed by atoms with Crippen LogP contribution >= 0.6 is 0 Å². The van der Waals surface area contributed by atoms with Crippen molar-refractivity contribution in [3.8, 4) is 17.1 Å². The molecule has 1 aromatic carbocycles. The van der Waals surface area contributed by atoms with Crippen LogP contribution in [0.5, 0.6) is 5.75 Å². The zero-order valence-electron chi connectivity index (χ0n) is 16.8. The number of likely N-dealkylation sites (tertiary alicyclic amines) is 1. The molecule has 0 saturated carbocycles. The van der Waals surface area contributed by atoms with Gasteiger partial charge in [-0.15, -0.1) is 0 Å². The van der Waals surface area contributed by atoms with Crippen LogP contribution in [0.2, 0.25) is 0 Å². The standard InChI is InChI=1S/C22H25N3O4/c1-3-16-13-19(24-28-16)22(26)25-12-6-4-5-7-20(25)18-14-21(29-23-18)15-8-10-17(27-2)11-9-15/h8-11,13-14,20H,3-7,12H2,1-2H3/t20-/m0/s1. The van der Waals surface area contributed by atoms with Crippen molar-refractivity contribution in [3.63, 3.8) is 0 Å². The van der Waals surface area contributed by atoms with E-state index < -0.39 is 0 Å². The molecule has 152 valence electrons. The van der Waals surface area contributed by atoms with Crippen LogP contribution in [0.25, 0.3) is 11.3 Å². The van der Waals surface area contributed by atoms with Gasteiger partial charge < -0.3 is 18.7 Å². The maximum atomic E-state index is 13.1. The minimum atomic E-state index is -0.137. The first-order valence-corrected chi connectivity index (χ1v) is 10.1. The number of benzene rings is 1. The average Bonchev–Trinajstić information content (AvgIpc) is 3.38. The van der Waals surface area contributed by atoms with Gasteiger partial charge in [-0.1, -0.05) is 30.1 Å². The Kier molecular flexibility index (Phi) is 5.64. The van der Waals surface area contributed by atoms with Gasteiger partial charge in [-0.25, -0.2) is 0 Å². The Labute approximate surface area is 169 Å². The van der Waals surface area contributed by atoms with Crippen LogP contribution in [0.15, 0.2) is 45.4 Å². The SMILES string of the molecule is CCc1cc(C(=O)N2CCCCC[C@H]2c2cc(-c3ccc(OC)cc3)on2)no1. The van der Waals surface area contributed by atoms with Crippen molar-refractivity contribution in [2.75, 3.05) is 13.7 Å². The number of rotatable bonds is 5. The third-order valence-corrected chi connectivity index (χ3v) is 5.38. The molecule has 29 heavy (non-hydrogen) atoms. The summed E-state index contributed by atoms with van der Waals surface area (Å²) >= 11 is 0. The number of amides is 1. The van der Waals surface area contributed by atoms with Crippen molar-refractivity contribution < 1.29 is 18.6 Å². The lowest BCUT2D eigenvalue weighted by Crippen LogP contribution is -2.35. The van der Waals surface area contributed by atoms with Crippen molar-refractivity contribution in [1.82, 2.24) is 15.2 Å². The fraction of sp³-hybridized carbons (Fsp3) is 0.409. The van der Waals surface area contributed by atoms with Crippen LogP contribution in [0.3, 0.4) is 0 Å². The van der Waals surface area contributed by atoms with Crippen LogP contribution < -0.4 is 4.74 Å². The van der Waals surface area contributed by atoms with E-state index in [-0.39, 0.29) is 11.9 Å². The lowest BCUT2D eigenvalue weighted by molar-refractivity contribution is 0.0663. The molecule has 2 aromatic heterocycles. The maximum absolute atomic E-state index is 13.1. The van der Waals surface area contributed by atoms with E-state index in [2.05, 4.69) is 10.3 Å². The van der Waals surface area contributed by atoms with E-state index in [1.807, 2.05) is 42.2 Å². The molecule has 0 spiro atoms. The van der Waals surface area contributed by atoms with Crippen molar-refractivity contribution in [2.45, 2.75) is 45.1 Å². The lowest BCUT2D eigenvalue weighted by Gasteiger charge is -2.27. The van der Waals surface area contributed by atoms with E-state index in [1.165, 1.54) is 0 Å². The van der Waals surface area contributed by atoms with E-state index in [1.54, 1.807) is 13.2 Å². The Morgan fingerprint density at radius 3 is 2.69 bits per heavy atom. The van der Waals surface area contributed by atoms with Gasteiger partial charge in [0.15, 0.2) is 11.5 Å². The molecule has 7 heteroatoms. The van der Waals surface area contributed by atoms with E-state index in [0.29, 0.717) is 30.2 Å². The molecule has 0 bridgehead atoms. The van der Waals surface area contributed by atoms with Gasteiger partial charge in [0.05, 0.1) is 13.2 Å². The molecule has 1 aliphatic heterocycles. The average molecular weight is 395 g/mol. The van der Waals surface area contributed by atoms with E-state index in [0.717, 1.165) is 42.7 Å². The number of aryl methyl sites for hydroxylation is 1. The van der Waals surface area contributed by atoms with E-state index in [4.69, 9.17) is 13.8 Å². The van der Waals surface area contributed by atoms with Crippen LogP contribution in [0, 0.1) is 0 Å². The maximum Gasteiger partial charge on any atom is 0.276 e. The number of aromatic nitrogens is 2.